The number of nitrogens with zero attached hydrogens (tertiary/aromatic N) is 1. The van der Waals surface area contributed by atoms with Crippen molar-refractivity contribution in [1.29, 1.82) is 0 Å². The minimum absolute atomic E-state index is 0.0339. The van der Waals surface area contributed by atoms with E-state index in [1.807, 2.05) is 4.90 Å². The molecule has 6 nitrogen and oxygen atoms in total. The van der Waals surface area contributed by atoms with Crippen LogP contribution in [-0.2, 0) is 10.0 Å². The third-order valence-electron chi connectivity index (χ3n) is 5.52. The average molecular weight is 395 g/mol. The van der Waals surface area contributed by atoms with Gasteiger partial charge in [0.2, 0.25) is 10.0 Å². The summed E-state index contributed by atoms with van der Waals surface area (Å²) in [6.45, 7) is 1.46. The zero-order valence-corrected chi connectivity index (χ0v) is 16.9. The first-order valence-corrected chi connectivity index (χ1v) is 11.5. The molecule has 27 heavy (non-hydrogen) atoms. The molecule has 1 saturated heterocycles. The molecule has 0 bridgehead atoms. The second-order valence-electron chi connectivity index (χ2n) is 7.53. The monoisotopic (exact) mass is 394 g/mol. The summed E-state index contributed by atoms with van der Waals surface area (Å²) in [5.74, 6) is 0.168. The smallest absolute Gasteiger partial charge is 0.253 e. The van der Waals surface area contributed by atoms with Gasteiger partial charge in [0.1, 0.15) is 10.6 Å². The van der Waals surface area contributed by atoms with Gasteiger partial charge < -0.3 is 9.64 Å². The lowest BCUT2D eigenvalue weighted by Crippen LogP contribution is -2.35. The lowest BCUT2D eigenvalue weighted by Gasteiger charge is -2.25. The quantitative estimate of drug-likeness (QED) is 0.831. The van der Waals surface area contributed by atoms with Gasteiger partial charge >= 0.3 is 0 Å². The van der Waals surface area contributed by atoms with Crippen molar-refractivity contribution in [3.05, 3.63) is 23.8 Å². The Hall–Kier alpha value is -1.60. The summed E-state index contributed by atoms with van der Waals surface area (Å²) in [7, 11) is -2.28. The van der Waals surface area contributed by atoms with Crippen molar-refractivity contribution in [3.63, 3.8) is 0 Å². The maximum Gasteiger partial charge on any atom is 0.253 e. The first-order valence-electron chi connectivity index (χ1n) is 10.0. The zero-order valence-electron chi connectivity index (χ0n) is 16.1. The Morgan fingerprint density at radius 1 is 1.04 bits per heavy atom. The summed E-state index contributed by atoms with van der Waals surface area (Å²) in [5, 5.41) is 0. The summed E-state index contributed by atoms with van der Waals surface area (Å²) < 4.78 is 33.9. The molecule has 1 amide bonds. The topological polar surface area (TPSA) is 75.7 Å². The third-order valence-corrected chi connectivity index (χ3v) is 7.06. The molecule has 0 radical (unpaired) electrons. The number of nitrogens with one attached hydrogen (secondary N) is 1. The van der Waals surface area contributed by atoms with Gasteiger partial charge in [0, 0.05) is 24.7 Å². The minimum Gasteiger partial charge on any atom is -0.495 e. The number of sulfonamides is 1. The molecule has 1 heterocycles. The molecule has 2 fully saturated rings. The highest BCUT2D eigenvalue weighted by molar-refractivity contribution is 7.89. The van der Waals surface area contributed by atoms with Crippen molar-refractivity contribution in [3.8, 4) is 5.75 Å². The van der Waals surface area contributed by atoms with Crippen LogP contribution in [0.1, 0.15) is 68.1 Å². The van der Waals surface area contributed by atoms with Gasteiger partial charge in [-0.25, -0.2) is 13.1 Å². The maximum absolute atomic E-state index is 13.0. The Labute approximate surface area is 162 Å². The van der Waals surface area contributed by atoms with Crippen molar-refractivity contribution < 1.29 is 17.9 Å². The van der Waals surface area contributed by atoms with Gasteiger partial charge in [-0.05, 0) is 43.9 Å². The Morgan fingerprint density at radius 3 is 2.30 bits per heavy atom. The van der Waals surface area contributed by atoms with Gasteiger partial charge in [0.05, 0.1) is 7.11 Å². The second-order valence-corrected chi connectivity index (χ2v) is 9.21. The van der Waals surface area contributed by atoms with Crippen LogP contribution in [0.2, 0.25) is 0 Å². The molecule has 7 heteroatoms. The van der Waals surface area contributed by atoms with Crippen molar-refractivity contribution in [2.45, 2.75) is 68.7 Å². The Bertz CT molecular complexity index is 749. The summed E-state index contributed by atoms with van der Waals surface area (Å²) in [6.07, 6.45) is 9.28. The van der Waals surface area contributed by atoms with Gasteiger partial charge in [0.15, 0.2) is 0 Å². The normalized spacial score (nSPS) is 19.5. The third kappa shape index (κ3) is 5.02. The Kier molecular flexibility index (Phi) is 6.76. The molecular formula is C20H30N2O4S. The fourth-order valence-electron chi connectivity index (χ4n) is 3.98. The summed E-state index contributed by atoms with van der Waals surface area (Å²) in [4.78, 5) is 14.9. The largest absolute Gasteiger partial charge is 0.495 e. The van der Waals surface area contributed by atoms with Crippen LogP contribution in [-0.4, -0.2) is 45.5 Å². The molecule has 2 aliphatic rings. The molecule has 150 valence electrons. The molecule has 0 unspecified atom stereocenters. The van der Waals surface area contributed by atoms with Crippen LogP contribution >= 0.6 is 0 Å². The molecule has 0 aromatic heterocycles. The number of benzene rings is 1. The second kappa shape index (κ2) is 9.06. The molecule has 3 rings (SSSR count). The van der Waals surface area contributed by atoms with Gasteiger partial charge in [-0.1, -0.05) is 32.1 Å². The van der Waals surface area contributed by atoms with Crippen molar-refractivity contribution in [2.24, 2.45) is 0 Å². The molecule has 1 aromatic rings. The standard InChI is InChI=1S/C20H30N2O4S/c1-26-18-12-11-16(20(23)22-13-7-3-2-4-8-14-22)15-19(18)27(24,25)21-17-9-5-6-10-17/h11-12,15,17,21H,2-10,13-14H2,1H3. The predicted octanol–water partition coefficient (Wildman–Crippen LogP) is 3.32. The van der Waals surface area contributed by atoms with Crippen LogP contribution < -0.4 is 9.46 Å². The van der Waals surface area contributed by atoms with Crippen molar-refractivity contribution in [2.75, 3.05) is 20.2 Å². The van der Waals surface area contributed by atoms with Crippen LogP contribution in [0, 0.1) is 0 Å². The van der Waals surface area contributed by atoms with E-state index in [0.29, 0.717) is 5.56 Å². The van der Waals surface area contributed by atoms with Crippen LogP contribution in [0.4, 0.5) is 0 Å². The molecule has 1 aromatic carbocycles. The highest BCUT2D eigenvalue weighted by atomic mass is 32.2. The molecule has 1 N–H and O–H groups in total. The Morgan fingerprint density at radius 2 is 1.67 bits per heavy atom. The van der Waals surface area contributed by atoms with E-state index in [2.05, 4.69) is 4.72 Å². The molecule has 0 spiro atoms. The number of carbonyl (C=O) groups excluding carboxylic acids is 1. The fourth-order valence-corrected chi connectivity index (χ4v) is 5.48. The molecule has 0 atom stereocenters. The average Bonchev–Trinajstić information content (AvgIpc) is 3.12. The number of rotatable bonds is 5. The van der Waals surface area contributed by atoms with Crippen LogP contribution in [0.25, 0.3) is 0 Å². The van der Waals surface area contributed by atoms with E-state index in [1.165, 1.54) is 19.6 Å². The highest BCUT2D eigenvalue weighted by Crippen LogP contribution is 2.28. The molecule has 1 saturated carbocycles. The van der Waals surface area contributed by atoms with Gasteiger partial charge in [-0.2, -0.15) is 0 Å². The number of hydrogen-bond donors (Lipinski definition) is 1. The number of likely N-dealkylation sites (tertiary alicyclic amines) is 1. The van der Waals surface area contributed by atoms with Crippen molar-refractivity contribution >= 4 is 15.9 Å². The fraction of sp³-hybridized carbons (Fsp3) is 0.650. The molecule has 1 aliphatic carbocycles. The van der Waals surface area contributed by atoms with Gasteiger partial charge in [-0.15, -0.1) is 0 Å². The number of carbonyl (C=O) groups is 1. The van der Waals surface area contributed by atoms with Gasteiger partial charge in [0.25, 0.3) is 5.91 Å². The van der Waals surface area contributed by atoms with E-state index in [1.54, 1.807) is 12.1 Å². The predicted molar refractivity (Wildman–Crippen MR) is 105 cm³/mol. The lowest BCUT2D eigenvalue weighted by atomic mass is 10.1. The first kappa shape index (κ1) is 20.1. The highest BCUT2D eigenvalue weighted by Gasteiger charge is 2.27. The van der Waals surface area contributed by atoms with E-state index in [9.17, 15) is 13.2 Å². The summed E-state index contributed by atoms with van der Waals surface area (Å²) >= 11 is 0. The lowest BCUT2D eigenvalue weighted by molar-refractivity contribution is 0.0742. The van der Waals surface area contributed by atoms with Crippen molar-refractivity contribution in [1.82, 2.24) is 9.62 Å². The van der Waals surface area contributed by atoms with Crippen LogP contribution in [0.5, 0.6) is 5.75 Å². The molecule has 1 aliphatic heterocycles. The minimum atomic E-state index is -3.73. The van der Waals surface area contributed by atoms with Crippen LogP contribution in [0.3, 0.4) is 0 Å². The van der Waals surface area contributed by atoms with Gasteiger partial charge in [-0.3, -0.25) is 4.79 Å². The Balaban J connectivity index is 1.84. The first-order chi connectivity index (χ1) is 13.0. The summed E-state index contributed by atoms with van der Waals surface area (Å²) in [5.41, 5.74) is 0.406. The van der Waals surface area contributed by atoms with E-state index >= 15 is 0 Å². The number of methoxy groups -OCH3 is 1. The number of ether oxygens (including phenoxy) is 1. The molecular weight excluding hydrogens is 364 g/mol. The van der Waals surface area contributed by atoms with E-state index in [0.717, 1.165) is 64.5 Å². The number of amides is 1. The van der Waals surface area contributed by atoms with E-state index < -0.39 is 10.0 Å². The maximum atomic E-state index is 13.0. The summed E-state index contributed by atoms with van der Waals surface area (Å²) in [6, 6.07) is 4.68. The van der Waals surface area contributed by atoms with Crippen LogP contribution in [0.15, 0.2) is 23.1 Å². The van der Waals surface area contributed by atoms with E-state index in [-0.39, 0.29) is 22.6 Å². The van der Waals surface area contributed by atoms with E-state index in [4.69, 9.17) is 4.74 Å². The number of hydrogen-bond acceptors (Lipinski definition) is 4. The SMILES string of the molecule is COc1ccc(C(=O)N2CCCCCCC2)cc1S(=O)(=O)NC1CCCC1. The zero-order chi connectivity index (χ0) is 19.3.